The summed E-state index contributed by atoms with van der Waals surface area (Å²) in [6.45, 7) is 1.91. The molecule has 0 saturated heterocycles. The molecule has 1 aliphatic carbocycles. The number of aromatic nitrogens is 2. The molecule has 0 spiro atoms. The Balaban J connectivity index is 2.07. The first-order valence-electron chi connectivity index (χ1n) is 5.66. The highest BCUT2D eigenvalue weighted by atomic mass is 32.2. The fraction of sp³-hybridized carbons (Fsp3) is 0.500. The van der Waals surface area contributed by atoms with E-state index in [0.717, 1.165) is 19.3 Å². The zero-order valence-electron chi connectivity index (χ0n) is 9.88. The Bertz CT molecular complexity index is 697. The second-order valence-electron chi connectivity index (χ2n) is 4.88. The third-order valence-corrected chi connectivity index (χ3v) is 5.77. The summed E-state index contributed by atoms with van der Waals surface area (Å²) < 4.78 is 29.0. The van der Waals surface area contributed by atoms with Crippen LogP contribution in [-0.4, -0.2) is 23.3 Å². The van der Waals surface area contributed by atoms with Crippen LogP contribution in [0, 0.1) is 0 Å². The second-order valence-corrected chi connectivity index (χ2v) is 7.35. The molecule has 2 aromatic rings. The molecule has 1 fully saturated rings. The van der Waals surface area contributed by atoms with Gasteiger partial charge >= 0.3 is 0 Å². The molecular weight excluding hydrogens is 272 g/mol. The van der Waals surface area contributed by atoms with E-state index >= 15 is 0 Å². The number of nitrogens with two attached hydrogens (primary N) is 1. The minimum atomic E-state index is -3.63. The third kappa shape index (κ3) is 1.72. The Hall–Kier alpha value is -1.12. The van der Waals surface area contributed by atoms with Crippen LogP contribution in [0.5, 0.6) is 0 Å². The summed E-state index contributed by atoms with van der Waals surface area (Å²) in [6, 6.07) is 0. The van der Waals surface area contributed by atoms with E-state index in [1.807, 2.05) is 6.92 Å². The Morgan fingerprint density at radius 2 is 2.28 bits per heavy atom. The number of sulfonamides is 1. The first-order valence-corrected chi connectivity index (χ1v) is 8.03. The van der Waals surface area contributed by atoms with E-state index in [-0.39, 0.29) is 16.4 Å². The molecule has 2 heterocycles. The van der Waals surface area contributed by atoms with Crippen LogP contribution in [0.15, 0.2) is 16.6 Å². The highest BCUT2D eigenvalue weighted by molar-refractivity contribution is 7.89. The molecule has 2 aromatic heterocycles. The van der Waals surface area contributed by atoms with Crippen molar-refractivity contribution in [3.05, 3.63) is 11.6 Å². The van der Waals surface area contributed by atoms with E-state index in [4.69, 9.17) is 5.73 Å². The maximum absolute atomic E-state index is 12.4. The Morgan fingerprint density at radius 1 is 1.56 bits per heavy atom. The van der Waals surface area contributed by atoms with Gasteiger partial charge in [-0.25, -0.2) is 18.1 Å². The van der Waals surface area contributed by atoms with Gasteiger partial charge in [0, 0.05) is 17.1 Å². The molecule has 1 aliphatic rings. The number of thiazole rings is 1. The van der Waals surface area contributed by atoms with Gasteiger partial charge in [-0.2, -0.15) is 0 Å². The summed E-state index contributed by atoms with van der Waals surface area (Å²) in [4.78, 5) is 4.64. The number of nitrogens with one attached hydrogen (secondary N) is 1. The van der Waals surface area contributed by atoms with E-state index in [1.54, 1.807) is 11.6 Å². The van der Waals surface area contributed by atoms with Crippen molar-refractivity contribution in [3.8, 4) is 0 Å². The van der Waals surface area contributed by atoms with Gasteiger partial charge in [-0.1, -0.05) is 0 Å². The number of rotatable bonds is 3. The van der Waals surface area contributed by atoms with Crippen LogP contribution in [0.2, 0.25) is 0 Å². The van der Waals surface area contributed by atoms with Gasteiger partial charge in [-0.3, -0.25) is 4.40 Å². The van der Waals surface area contributed by atoms with Crippen molar-refractivity contribution >= 4 is 32.1 Å². The summed E-state index contributed by atoms with van der Waals surface area (Å²) >= 11 is 1.36. The fourth-order valence-corrected chi connectivity index (χ4v) is 4.69. The zero-order valence-corrected chi connectivity index (χ0v) is 11.5. The lowest BCUT2D eigenvalue weighted by molar-refractivity contribution is 0.247. The van der Waals surface area contributed by atoms with E-state index in [1.165, 1.54) is 15.7 Å². The molecule has 0 amide bonds. The zero-order chi connectivity index (χ0) is 13.0. The second kappa shape index (κ2) is 3.69. The molecule has 1 saturated carbocycles. The predicted octanol–water partition coefficient (Wildman–Crippen LogP) is 1.20. The number of nitrogen functional groups attached to an aromatic ring is 1. The van der Waals surface area contributed by atoms with Crippen LogP contribution < -0.4 is 10.5 Å². The first kappa shape index (κ1) is 11.9. The lowest BCUT2D eigenvalue weighted by atomic mass is 9.80. The van der Waals surface area contributed by atoms with Gasteiger partial charge in [0.2, 0.25) is 0 Å². The van der Waals surface area contributed by atoms with Crippen molar-refractivity contribution < 1.29 is 8.42 Å². The summed E-state index contributed by atoms with van der Waals surface area (Å²) in [5.74, 6) is 0.0530. The van der Waals surface area contributed by atoms with Crippen molar-refractivity contribution in [2.75, 3.05) is 5.73 Å². The SMILES string of the molecule is CC1(NS(=O)(=O)c2c(N)nc3sccn23)CCC1. The smallest absolute Gasteiger partial charge is 0.260 e. The van der Waals surface area contributed by atoms with E-state index in [9.17, 15) is 8.42 Å². The molecule has 6 nitrogen and oxygen atoms in total. The molecule has 0 atom stereocenters. The highest BCUT2D eigenvalue weighted by Gasteiger charge is 2.38. The lowest BCUT2D eigenvalue weighted by Crippen LogP contribution is -2.51. The first-order chi connectivity index (χ1) is 8.41. The molecule has 0 radical (unpaired) electrons. The van der Waals surface area contributed by atoms with Gasteiger partial charge in [0.25, 0.3) is 10.0 Å². The van der Waals surface area contributed by atoms with Crippen molar-refractivity contribution in [2.24, 2.45) is 0 Å². The third-order valence-electron chi connectivity index (χ3n) is 3.34. The predicted molar refractivity (Wildman–Crippen MR) is 70.1 cm³/mol. The van der Waals surface area contributed by atoms with Crippen molar-refractivity contribution in [3.63, 3.8) is 0 Å². The maximum Gasteiger partial charge on any atom is 0.260 e. The van der Waals surface area contributed by atoms with Crippen molar-refractivity contribution in [1.29, 1.82) is 0 Å². The number of fused-ring (bicyclic) bond motifs is 1. The van der Waals surface area contributed by atoms with Crippen LogP contribution in [0.3, 0.4) is 0 Å². The van der Waals surface area contributed by atoms with Crippen molar-refractivity contribution in [1.82, 2.24) is 14.1 Å². The van der Waals surface area contributed by atoms with Gasteiger partial charge in [-0.05, 0) is 26.2 Å². The van der Waals surface area contributed by atoms with Crippen LogP contribution in [-0.2, 0) is 10.0 Å². The summed E-state index contributed by atoms with van der Waals surface area (Å²) in [5.41, 5.74) is 5.38. The fourth-order valence-electron chi connectivity index (χ4n) is 2.23. The molecule has 0 unspecified atom stereocenters. The summed E-state index contributed by atoms with van der Waals surface area (Å²) in [5, 5.41) is 1.83. The van der Waals surface area contributed by atoms with Gasteiger partial charge in [-0.15, -0.1) is 11.3 Å². The van der Waals surface area contributed by atoms with Crippen LogP contribution in [0.4, 0.5) is 5.82 Å². The quantitative estimate of drug-likeness (QED) is 0.887. The molecule has 0 aliphatic heterocycles. The molecule has 8 heteroatoms. The molecule has 0 aromatic carbocycles. The molecule has 98 valence electrons. The minimum absolute atomic E-state index is 0.0480. The maximum atomic E-state index is 12.4. The minimum Gasteiger partial charge on any atom is -0.381 e. The van der Waals surface area contributed by atoms with Gasteiger partial charge in [0.05, 0.1) is 0 Å². The largest absolute Gasteiger partial charge is 0.381 e. The van der Waals surface area contributed by atoms with E-state index in [0.29, 0.717) is 4.96 Å². The van der Waals surface area contributed by atoms with E-state index < -0.39 is 10.0 Å². The van der Waals surface area contributed by atoms with Gasteiger partial charge < -0.3 is 5.73 Å². The topological polar surface area (TPSA) is 89.5 Å². The van der Waals surface area contributed by atoms with Crippen molar-refractivity contribution in [2.45, 2.75) is 36.8 Å². The molecule has 0 bridgehead atoms. The average Bonchev–Trinajstić information content (AvgIpc) is 2.73. The van der Waals surface area contributed by atoms with Crippen LogP contribution in [0.25, 0.3) is 4.96 Å². The number of hydrogen-bond acceptors (Lipinski definition) is 5. The number of hydrogen-bond donors (Lipinski definition) is 2. The van der Waals surface area contributed by atoms with Gasteiger partial charge in [0.15, 0.2) is 15.8 Å². The summed E-state index contributed by atoms with van der Waals surface area (Å²) in [6.07, 6.45) is 4.44. The molecule has 3 N–H and O–H groups in total. The van der Waals surface area contributed by atoms with E-state index in [2.05, 4.69) is 9.71 Å². The Kier molecular flexibility index (Phi) is 2.45. The molecular formula is C10H14N4O2S2. The molecule has 18 heavy (non-hydrogen) atoms. The lowest BCUT2D eigenvalue weighted by Gasteiger charge is -2.38. The van der Waals surface area contributed by atoms with Gasteiger partial charge in [0.1, 0.15) is 0 Å². The number of nitrogens with zero attached hydrogens (tertiary/aromatic N) is 2. The standard InChI is InChI=1S/C10H14N4O2S2/c1-10(3-2-4-10)13-18(15,16)8-7(11)12-9-14(8)5-6-17-9/h5-6,13H,2-4,11H2,1H3. The highest BCUT2D eigenvalue weighted by Crippen LogP contribution is 2.33. The van der Waals surface area contributed by atoms with Crippen LogP contribution >= 0.6 is 11.3 Å². The summed E-state index contributed by atoms with van der Waals surface area (Å²) in [7, 11) is -3.63. The van der Waals surface area contributed by atoms with Crippen LogP contribution in [0.1, 0.15) is 26.2 Å². The molecule has 3 rings (SSSR count). The Morgan fingerprint density at radius 3 is 2.89 bits per heavy atom. The number of imidazole rings is 1. The normalized spacial score (nSPS) is 18.9. The monoisotopic (exact) mass is 286 g/mol. The average molecular weight is 286 g/mol. The Labute approximate surface area is 109 Å². The number of anilines is 1.